The molecule has 1 aromatic rings. The van der Waals surface area contributed by atoms with Crippen molar-refractivity contribution in [3.63, 3.8) is 0 Å². The van der Waals surface area contributed by atoms with Gasteiger partial charge in [-0.05, 0) is 40.9 Å². The highest BCUT2D eigenvalue weighted by atomic mass is 79.9. The van der Waals surface area contributed by atoms with Gasteiger partial charge in [0.25, 0.3) is 5.91 Å². The average Bonchev–Trinajstić information content (AvgIpc) is 2.58. The maximum Gasteiger partial charge on any atom is 0.253 e. The summed E-state index contributed by atoms with van der Waals surface area (Å²) >= 11 is 9.41. The van der Waals surface area contributed by atoms with Gasteiger partial charge in [0.2, 0.25) is 0 Å². The van der Waals surface area contributed by atoms with E-state index < -0.39 is 6.10 Å². The highest BCUT2D eigenvalue weighted by Gasteiger charge is 2.24. The molecule has 5 heteroatoms. The van der Waals surface area contributed by atoms with Crippen LogP contribution in [-0.4, -0.2) is 23.2 Å². The second kappa shape index (κ2) is 6.73. The van der Waals surface area contributed by atoms with E-state index in [0.29, 0.717) is 15.1 Å². The highest BCUT2D eigenvalue weighted by molar-refractivity contribution is 9.10. The van der Waals surface area contributed by atoms with Crippen LogP contribution in [0, 0.1) is 0 Å². The maximum absolute atomic E-state index is 12.2. The van der Waals surface area contributed by atoms with Crippen molar-refractivity contribution in [1.82, 2.24) is 5.32 Å². The summed E-state index contributed by atoms with van der Waals surface area (Å²) in [5.74, 6) is -0.225. The number of nitrogens with one attached hydrogen (secondary N) is 1. The quantitative estimate of drug-likeness (QED) is 0.805. The first-order valence-electron chi connectivity index (χ1n) is 6.52. The molecule has 0 saturated heterocycles. The smallest absolute Gasteiger partial charge is 0.253 e. The van der Waals surface area contributed by atoms with Crippen LogP contribution in [0.1, 0.15) is 42.5 Å². The van der Waals surface area contributed by atoms with Gasteiger partial charge < -0.3 is 10.4 Å². The summed E-state index contributed by atoms with van der Waals surface area (Å²) in [5.41, 5.74) is 0.437. The van der Waals surface area contributed by atoms with Crippen LogP contribution < -0.4 is 5.32 Å². The van der Waals surface area contributed by atoms with Crippen LogP contribution in [0.5, 0.6) is 0 Å². The summed E-state index contributed by atoms with van der Waals surface area (Å²) in [6.45, 7) is 0. The van der Waals surface area contributed by atoms with E-state index in [9.17, 15) is 9.90 Å². The molecule has 1 saturated carbocycles. The number of rotatable bonds is 2. The van der Waals surface area contributed by atoms with Gasteiger partial charge in [-0.1, -0.05) is 36.9 Å². The summed E-state index contributed by atoms with van der Waals surface area (Å²) in [7, 11) is 0. The van der Waals surface area contributed by atoms with Crippen molar-refractivity contribution in [3.05, 3.63) is 33.3 Å². The Kier molecular flexibility index (Phi) is 5.25. The lowest BCUT2D eigenvalue weighted by atomic mass is 10.1. The van der Waals surface area contributed by atoms with E-state index in [0.717, 1.165) is 32.1 Å². The molecule has 19 heavy (non-hydrogen) atoms. The Morgan fingerprint density at radius 2 is 2.05 bits per heavy atom. The fourth-order valence-corrected chi connectivity index (χ4v) is 2.96. The summed E-state index contributed by atoms with van der Waals surface area (Å²) in [6.07, 6.45) is 4.27. The summed E-state index contributed by atoms with van der Waals surface area (Å²) in [4.78, 5) is 12.2. The van der Waals surface area contributed by atoms with E-state index in [-0.39, 0.29) is 11.9 Å². The number of hydrogen-bond acceptors (Lipinski definition) is 2. The molecule has 2 rings (SSSR count). The van der Waals surface area contributed by atoms with Crippen molar-refractivity contribution >= 4 is 33.4 Å². The van der Waals surface area contributed by atoms with E-state index in [4.69, 9.17) is 11.6 Å². The summed E-state index contributed by atoms with van der Waals surface area (Å²) in [6, 6.07) is 5.07. The molecule has 0 aromatic heterocycles. The van der Waals surface area contributed by atoms with E-state index in [1.807, 2.05) is 0 Å². The Balaban J connectivity index is 2.09. The monoisotopic (exact) mass is 345 g/mol. The molecule has 2 N–H and O–H groups in total. The summed E-state index contributed by atoms with van der Waals surface area (Å²) < 4.78 is 0.697. The highest BCUT2D eigenvalue weighted by Crippen LogP contribution is 2.26. The molecule has 1 fully saturated rings. The minimum Gasteiger partial charge on any atom is -0.391 e. The number of amides is 1. The number of aliphatic hydroxyl groups excluding tert-OH is 1. The largest absolute Gasteiger partial charge is 0.391 e. The molecule has 2 atom stereocenters. The van der Waals surface area contributed by atoms with E-state index in [2.05, 4.69) is 21.2 Å². The first-order chi connectivity index (χ1) is 9.09. The van der Waals surface area contributed by atoms with Gasteiger partial charge in [-0.3, -0.25) is 4.79 Å². The van der Waals surface area contributed by atoms with Gasteiger partial charge in [0, 0.05) is 4.47 Å². The van der Waals surface area contributed by atoms with Gasteiger partial charge in [-0.25, -0.2) is 0 Å². The first kappa shape index (κ1) is 14.8. The predicted molar refractivity (Wildman–Crippen MR) is 79.5 cm³/mol. The third-order valence-corrected chi connectivity index (χ3v) is 4.79. The fourth-order valence-electron chi connectivity index (χ4n) is 2.38. The molecule has 0 bridgehead atoms. The number of hydrogen-bond donors (Lipinski definition) is 2. The van der Waals surface area contributed by atoms with Gasteiger partial charge in [0.15, 0.2) is 0 Å². The van der Waals surface area contributed by atoms with Crippen LogP contribution in [0.25, 0.3) is 0 Å². The first-order valence-corrected chi connectivity index (χ1v) is 7.69. The number of carbonyl (C=O) groups is 1. The molecule has 0 radical (unpaired) electrons. The van der Waals surface area contributed by atoms with Crippen LogP contribution in [0.4, 0.5) is 0 Å². The van der Waals surface area contributed by atoms with Crippen LogP contribution in [-0.2, 0) is 0 Å². The number of aliphatic hydroxyl groups is 1. The Morgan fingerprint density at radius 1 is 1.32 bits per heavy atom. The molecular formula is C14H17BrClNO2. The molecule has 0 heterocycles. The molecule has 0 aliphatic heterocycles. The van der Waals surface area contributed by atoms with Gasteiger partial charge >= 0.3 is 0 Å². The lowest BCUT2D eigenvalue weighted by molar-refractivity contribution is 0.0819. The maximum atomic E-state index is 12.2. The van der Waals surface area contributed by atoms with Gasteiger partial charge in [-0.2, -0.15) is 0 Å². The molecule has 1 amide bonds. The van der Waals surface area contributed by atoms with Crippen molar-refractivity contribution in [2.24, 2.45) is 0 Å². The number of carbonyl (C=O) groups excluding carboxylic acids is 1. The topological polar surface area (TPSA) is 49.3 Å². The Hall–Kier alpha value is -0.580. The van der Waals surface area contributed by atoms with Crippen LogP contribution in [0.2, 0.25) is 5.02 Å². The lowest BCUT2D eigenvalue weighted by Crippen LogP contribution is -2.42. The van der Waals surface area contributed by atoms with Crippen molar-refractivity contribution in [2.75, 3.05) is 0 Å². The van der Waals surface area contributed by atoms with E-state index in [1.165, 1.54) is 0 Å². The number of halogens is 2. The van der Waals surface area contributed by atoms with Crippen molar-refractivity contribution in [1.29, 1.82) is 0 Å². The zero-order valence-corrected chi connectivity index (χ0v) is 12.9. The summed E-state index contributed by atoms with van der Waals surface area (Å²) in [5, 5.41) is 13.3. The third kappa shape index (κ3) is 3.71. The lowest BCUT2D eigenvalue weighted by Gasteiger charge is -2.22. The Bertz CT molecular complexity index is 467. The standard InChI is InChI=1S/C14H17BrClNO2/c15-10-6-4-5-9(13(10)16)14(19)17-11-7-2-1-3-8-12(11)18/h4-6,11-12,18H,1-3,7-8H2,(H,17,19). The molecule has 104 valence electrons. The zero-order valence-electron chi connectivity index (χ0n) is 10.5. The van der Waals surface area contributed by atoms with Gasteiger partial charge in [0.1, 0.15) is 0 Å². The third-order valence-electron chi connectivity index (χ3n) is 3.49. The molecule has 1 aliphatic rings. The SMILES string of the molecule is O=C(NC1CCCCCC1O)c1cccc(Br)c1Cl. The number of benzene rings is 1. The van der Waals surface area contributed by atoms with E-state index in [1.54, 1.807) is 18.2 Å². The molecule has 2 unspecified atom stereocenters. The normalized spacial score (nSPS) is 23.7. The molecule has 1 aliphatic carbocycles. The van der Waals surface area contributed by atoms with Crippen molar-refractivity contribution in [3.8, 4) is 0 Å². The second-order valence-electron chi connectivity index (χ2n) is 4.89. The molecule has 1 aromatic carbocycles. The average molecular weight is 347 g/mol. The van der Waals surface area contributed by atoms with Gasteiger partial charge in [0.05, 0.1) is 22.7 Å². The Labute approximate surface area is 126 Å². The minimum absolute atomic E-state index is 0.176. The Morgan fingerprint density at radius 3 is 2.84 bits per heavy atom. The van der Waals surface area contributed by atoms with Crippen molar-refractivity contribution < 1.29 is 9.90 Å². The van der Waals surface area contributed by atoms with Crippen LogP contribution in [0.3, 0.4) is 0 Å². The minimum atomic E-state index is -0.461. The second-order valence-corrected chi connectivity index (χ2v) is 6.12. The van der Waals surface area contributed by atoms with Crippen LogP contribution >= 0.6 is 27.5 Å². The predicted octanol–water partition coefficient (Wildman–Crippen LogP) is 3.53. The fraction of sp³-hybridized carbons (Fsp3) is 0.500. The van der Waals surface area contributed by atoms with Crippen molar-refractivity contribution in [2.45, 2.75) is 44.2 Å². The molecule has 3 nitrogen and oxygen atoms in total. The van der Waals surface area contributed by atoms with Crippen LogP contribution in [0.15, 0.2) is 22.7 Å². The van der Waals surface area contributed by atoms with E-state index >= 15 is 0 Å². The van der Waals surface area contributed by atoms with Gasteiger partial charge in [-0.15, -0.1) is 0 Å². The molecule has 0 spiro atoms. The molecular weight excluding hydrogens is 330 g/mol. The zero-order chi connectivity index (χ0) is 13.8.